The van der Waals surface area contributed by atoms with Crippen LogP contribution in [0.3, 0.4) is 0 Å². The van der Waals surface area contributed by atoms with Gasteiger partial charge in [-0.3, -0.25) is 0 Å². The normalized spacial score (nSPS) is 14.4. The molecule has 0 amide bonds. The minimum atomic E-state index is -0.0725. The molecule has 50 heavy (non-hydrogen) atoms. The molecule has 242 valence electrons. The van der Waals surface area contributed by atoms with E-state index in [9.17, 15) is 0 Å². The average molecular weight is 644 g/mol. The molecule has 0 aromatic heterocycles. The maximum atomic E-state index is 2.46. The van der Waals surface area contributed by atoms with Crippen molar-refractivity contribution in [3.63, 3.8) is 0 Å². The summed E-state index contributed by atoms with van der Waals surface area (Å²) in [5.74, 6) is 0. The second kappa shape index (κ2) is 11.2. The van der Waals surface area contributed by atoms with Crippen molar-refractivity contribution in [2.45, 2.75) is 45.4 Å². The Kier molecular flexibility index (Phi) is 6.80. The molecule has 0 N–H and O–H groups in total. The predicted molar refractivity (Wildman–Crippen MR) is 212 cm³/mol. The molecule has 9 rings (SSSR count). The molecule has 0 unspecified atom stereocenters. The third-order valence-corrected chi connectivity index (χ3v) is 11.5. The van der Waals surface area contributed by atoms with Gasteiger partial charge >= 0.3 is 0 Å². The number of rotatable bonds is 5. The molecule has 0 atom stereocenters. The molecule has 0 aliphatic heterocycles. The Bertz CT molecular complexity index is 2260. The number of anilines is 3. The molecule has 7 aromatic carbocycles. The van der Waals surface area contributed by atoms with Gasteiger partial charge in [-0.2, -0.15) is 0 Å². The lowest BCUT2D eigenvalue weighted by Gasteiger charge is -2.28. The summed E-state index contributed by atoms with van der Waals surface area (Å²) in [5.41, 5.74) is 20.6. The van der Waals surface area contributed by atoms with Gasteiger partial charge in [0.1, 0.15) is 0 Å². The first-order valence-electron chi connectivity index (χ1n) is 17.8. The molecule has 7 aromatic rings. The zero-order valence-electron chi connectivity index (χ0n) is 29.5. The molecule has 0 fully saturated rings. The Hall–Kier alpha value is -5.66. The number of para-hydroxylation sites is 2. The number of benzene rings is 7. The fourth-order valence-electron chi connectivity index (χ4n) is 8.77. The van der Waals surface area contributed by atoms with Crippen LogP contribution in [0, 0.1) is 6.92 Å². The molecular weight excluding hydrogens is 603 g/mol. The van der Waals surface area contributed by atoms with Gasteiger partial charge in [0, 0.05) is 27.9 Å². The summed E-state index contributed by atoms with van der Waals surface area (Å²) in [4.78, 5) is 2.40. The fourth-order valence-corrected chi connectivity index (χ4v) is 8.77. The summed E-state index contributed by atoms with van der Waals surface area (Å²) in [7, 11) is 0. The van der Waals surface area contributed by atoms with Gasteiger partial charge in [-0.1, -0.05) is 137 Å². The predicted octanol–water partition coefficient (Wildman–Crippen LogP) is 13.4. The van der Waals surface area contributed by atoms with Gasteiger partial charge in [0.25, 0.3) is 0 Å². The van der Waals surface area contributed by atoms with E-state index in [1.807, 2.05) is 0 Å². The minimum absolute atomic E-state index is 0.0725. The highest BCUT2D eigenvalue weighted by Gasteiger charge is 2.37. The Morgan fingerprint density at radius 2 is 0.720 bits per heavy atom. The molecule has 2 aliphatic carbocycles. The maximum Gasteiger partial charge on any atom is 0.0474 e. The van der Waals surface area contributed by atoms with E-state index in [1.54, 1.807) is 0 Å². The standard InChI is InChI=1S/C49H41N/c1-32-42(33-24-26-40-38-20-12-14-22-44(38)48(2,3)46(40)28-33)30-37(50(35-16-8-6-9-17-35)36-18-10-7-11-19-36)31-43(32)34-25-27-41-39-21-13-15-23-45(39)49(4,5)47(41)29-34/h6-31H,1-5H3. The van der Waals surface area contributed by atoms with Gasteiger partial charge in [0.15, 0.2) is 0 Å². The van der Waals surface area contributed by atoms with Gasteiger partial charge in [-0.05, 0) is 128 Å². The van der Waals surface area contributed by atoms with Crippen LogP contribution in [-0.2, 0) is 10.8 Å². The maximum absolute atomic E-state index is 2.46. The molecule has 0 radical (unpaired) electrons. The largest absolute Gasteiger partial charge is 0.310 e. The van der Waals surface area contributed by atoms with Crippen molar-refractivity contribution in [3.05, 3.63) is 186 Å². The third-order valence-electron chi connectivity index (χ3n) is 11.5. The van der Waals surface area contributed by atoms with E-state index < -0.39 is 0 Å². The van der Waals surface area contributed by atoms with Crippen molar-refractivity contribution in [1.29, 1.82) is 0 Å². The zero-order valence-corrected chi connectivity index (χ0v) is 29.5. The second-order valence-electron chi connectivity index (χ2n) is 15.0. The van der Waals surface area contributed by atoms with Crippen LogP contribution < -0.4 is 4.90 Å². The third kappa shape index (κ3) is 4.53. The Morgan fingerprint density at radius 3 is 1.16 bits per heavy atom. The second-order valence-corrected chi connectivity index (χ2v) is 15.0. The van der Waals surface area contributed by atoms with E-state index in [1.165, 1.54) is 72.3 Å². The smallest absolute Gasteiger partial charge is 0.0474 e. The topological polar surface area (TPSA) is 3.24 Å². The summed E-state index contributed by atoms with van der Waals surface area (Å²) < 4.78 is 0. The van der Waals surface area contributed by atoms with Crippen molar-refractivity contribution >= 4 is 17.1 Å². The van der Waals surface area contributed by atoms with Crippen molar-refractivity contribution in [2.75, 3.05) is 4.90 Å². The van der Waals surface area contributed by atoms with E-state index >= 15 is 0 Å². The summed E-state index contributed by atoms with van der Waals surface area (Å²) in [5, 5.41) is 0. The molecule has 0 heterocycles. The number of hydrogen-bond donors (Lipinski definition) is 0. The Balaban J connectivity index is 1.28. The first-order chi connectivity index (χ1) is 24.2. The SMILES string of the molecule is Cc1c(-c2ccc3c(c2)C(C)(C)c2ccccc2-3)cc(N(c2ccccc2)c2ccccc2)cc1-c1ccc2c(c1)C(C)(C)c1ccccc1-2. The lowest BCUT2D eigenvalue weighted by Crippen LogP contribution is -2.15. The van der Waals surface area contributed by atoms with Crippen molar-refractivity contribution in [1.82, 2.24) is 0 Å². The quantitative estimate of drug-likeness (QED) is 0.180. The van der Waals surface area contributed by atoms with Crippen LogP contribution in [0.1, 0.15) is 55.5 Å². The molecule has 1 heteroatoms. The van der Waals surface area contributed by atoms with Gasteiger partial charge in [0.2, 0.25) is 0 Å². The van der Waals surface area contributed by atoms with E-state index in [0.717, 1.165) is 17.1 Å². The monoisotopic (exact) mass is 643 g/mol. The lowest BCUT2D eigenvalue weighted by molar-refractivity contribution is 0.660. The van der Waals surface area contributed by atoms with Crippen molar-refractivity contribution in [2.24, 2.45) is 0 Å². The van der Waals surface area contributed by atoms with E-state index in [2.05, 4.69) is 197 Å². The molecule has 0 saturated carbocycles. The van der Waals surface area contributed by atoms with Crippen LogP contribution in [0.25, 0.3) is 44.5 Å². The van der Waals surface area contributed by atoms with Crippen LogP contribution in [0.15, 0.2) is 158 Å². The first kappa shape index (κ1) is 30.4. The summed E-state index contributed by atoms with van der Waals surface area (Å²) in [6.45, 7) is 11.8. The Morgan fingerprint density at radius 1 is 0.340 bits per heavy atom. The van der Waals surface area contributed by atoms with Crippen LogP contribution in [0.5, 0.6) is 0 Å². The summed E-state index contributed by atoms with van der Waals surface area (Å²) >= 11 is 0. The van der Waals surface area contributed by atoms with Gasteiger partial charge < -0.3 is 4.90 Å². The molecule has 1 nitrogen and oxygen atoms in total. The van der Waals surface area contributed by atoms with Gasteiger partial charge in [0.05, 0.1) is 0 Å². The lowest BCUT2D eigenvalue weighted by atomic mass is 9.80. The van der Waals surface area contributed by atoms with Crippen LogP contribution >= 0.6 is 0 Å². The van der Waals surface area contributed by atoms with Crippen molar-refractivity contribution < 1.29 is 0 Å². The fraction of sp³-hybridized carbons (Fsp3) is 0.143. The van der Waals surface area contributed by atoms with Crippen molar-refractivity contribution in [3.8, 4) is 44.5 Å². The first-order valence-corrected chi connectivity index (χ1v) is 17.8. The number of nitrogens with zero attached hydrogens (tertiary/aromatic N) is 1. The highest BCUT2D eigenvalue weighted by atomic mass is 15.1. The Labute approximate surface area is 296 Å². The van der Waals surface area contributed by atoms with Crippen LogP contribution in [0.2, 0.25) is 0 Å². The summed E-state index contributed by atoms with van der Waals surface area (Å²) in [6.07, 6.45) is 0. The van der Waals surface area contributed by atoms with Gasteiger partial charge in [-0.25, -0.2) is 0 Å². The zero-order chi connectivity index (χ0) is 34.2. The molecule has 0 bridgehead atoms. The summed E-state index contributed by atoms with van der Waals surface area (Å²) in [6, 6.07) is 58.4. The molecule has 0 spiro atoms. The molecular formula is C49H41N. The molecule has 2 aliphatic rings. The van der Waals surface area contributed by atoms with Crippen LogP contribution in [-0.4, -0.2) is 0 Å². The minimum Gasteiger partial charge on any atom is -0.310 e. The highest BCUT2D eigenvalue weighted by Crippen LogP contribution is 2.52. The highest BCUT2D eigenvalue weighted by molar-refractivity contribution is 5.91. The van der Waals surface area contributed by atoms with E-state index in [4.69, 9.17) is 0 Å². The van der Waals surface area contributed by atoms with E-state index in [-0.39, 0.29) is 10.8 Å². The number of fused-ring (bicyclic) bond motifs is 6. The van der Waals surface area contributed by atoms with E-state index in [0.29, 0.717) is 0 Å². The average Bonchev–Trinajstić information content (AvgIpc) is 3.52. The molecule has 0 saturated heterocycles. The number of hydrogen-bond acceptors (Lipinski definition) is 1. The van der Waals surface area contributed by atoms with Crippen LogP contribution in [0.4, 0.5) is 17.1 Å². The van der Waals surface area contributed by atoms with Gasteiger partial charge in [-0.15, -0.1) is 0 Å².